The SMILES string of the molecule is NC(=O)N(c1ccc(Cl)c(S(=O)(=O)N2CCSCC2)c1O)c1cccc(Cl)c1Cl. The molecule has 1 aliphatic rings. The molecule has 0 spiro atoms. The topological polar surface area (TPSA) is 104 Å². The lowest BCUT2D eigenvalue weighted by Gasteiger charge is -2.28. The van der Waals surface area contributed by atoms with Gasteiger partial charge in [0.25, 0.3) is 0 Å². The third-order valence-electron chi connectivity index (χ3n) is 4.26. The molecule has 3 N–H and O–H groups in total. The molecule has 29 heavy (non-hydrogen) atoms. The van der Waals surface area contributed by atoms with Crippen molar-refractivity contribution in [2.45, 2.75) is 4.90 Å². The van der Waals surface area contributed by atoms with Crippen molar-refractivity contribution in [3.05, 3.63) is 45.4 Å². The van der Waals surface area contributed by atoms with Gasteiger partial charge in [0, 0.05) is 24.6 Å². The fourth-order valence-corrected chi connectivity index (χ4v) is 6.45. The molecule has 1 fully saturated rings. The maximum absolute atomic E-state index is 13.1. The zero-order valence-electron chi connectivity index (χ0n) is 14.8. The van der Waals surface area contributed by atoms with Crippen LogP contribution in [0.15, 0.2) is 35.2 Å². The highest BCUT2D eigenvalue weighted by atomic mass is 35.5. The smallest absolute Gasteiger partial charge is 0.324 e. The number of halogens is 3. The number of benzene rings is 2. The number of primary amides is 1. The number of carbonyl (C=O) groups excluding carboxylic acids is 1. The molecule has 0 aromatic heterocycles. The van der Waals surface area contributed by atoms with E-state index in [1.807, 2.05) is 0 Å². The summed E-state index contributed by atoms with van der Waals surface area (Å²) in [4.78, 5) is 12.6. The number of carbonyl (C=O) groups is 1. The van der Waals surface area contributed by atoms with Gasteiger partial charge in [-0.05, 0) is 24.3 Å². The molecule has 156 valence electrons. The van der Waals surface area contributed by atoms with Crippen LogP contribution in [0.1, 0.15) is 0 Å². The van der Waals surface area contributed by atoms with E-state index in [-0.39, 0.29) is 39.5 Å². The van der Waals surface area contributed by atoms with Crippen LogP contribution in [0.4, 0.5) is 16.2 Å². The number of amides is 2. The molecule has 7 nitrogen and oxygen atoms in total. The van der Waals surface area contributed by atoms with E-state index < -0.39 is 26.7 Å². The lowest BCUT2D eigenvalue weighted by Crippen LogP contribution is -2.38. The maximum atomic E-state index is 13.1. The van der Waals surface area contributed by atoms with Crippen LogP contribution < -0.4 is 10.6 Å². The van der Waals surface area contributed by atoms with Crippen molar-refractivity contribution in [2.75, 3.05) is 29.5 Å². The van der Waals surface area contributed by atoms with Crippen LogP contribution >= 0.6 is 46.6 Å². The number of hydrogen-bond acceptors (Lipinski definition) is 5. The van der Waals surface area contributed by atoms with Crippen LogP contribution in [-0.4, -0.2) is 48.5 Å². The normalized spacial score (nSPS) is 15.3. The number of nitrogens with zero attached hydrogens (tertiary/aromatic N) is 2. The van der Waals surface area contributed by atoms with E-state index in [1.54, 1.807) is 11.8 Å². The predicted octanol–water partition coefficient (Wildman–Crippen LogP) is 4.31. The molecule has 1 saturated heterocycles. The van der Waals surface area contributed by atoms with Crippen molar-refractivity contribution in [3.8, 4) is 5.75 Å². The van der Waals surface area contributed by atoms with Gasteiger partial charge in [0.15, 0.2) is 5.75 Å². The zero-order chi connectivity index (χ0) is 21.3. The Hall–Kier alpha value is -1.36. The van der Waals surface area contributed by atoms with Gasteiger partial charge in [-0.2, -0.15) is 16.1 Å². The lowest BCUT2D eigenvalue weighted by molar-refractivity contribution is 0.256. The Morgan fingerprint density at radius 2 is 1.72 bits per heavy atom. The van der Waals surface area contributed by atoms with Crippen molar-refractivity contribution in [3.63, 3.8) is 0 Å². The molecular formula is C17H16Cl3N3O4S2. The van der Waals surface area contributed by atoms with Crippen molar-refractivity contribution in [2.24, 2.45) is 5.73 Å². The van der Waals surface area contributed by atoms with E-state index in [2.05, 4.69) is 0 Å². The number of anilines is 2. The van der Waals surface area contributed by atoms with Crippen molar-refractivity contribution >= 4 is 74.0 Å². The monoisotopic (exact) mass is 495 g/mol. The molecular weight excluding hydrogens is 481 g/mol. The third-order valence-corrected chi connectivity index (χ3v) is 8.42. The van der Waals surface area contributed by atoms with Crippen LogP contribution in [0.2, 0.25) is 15.1 Å². The molecule has 2 aromatic carbocycles. The van der Waals surface area contributed by atoms with Gasteiger partial charge >= 0.3 is 6.03 Å². The molecule has 2 amide bonds. The Morgan fingerprint density at radius 1 is 1.07 bits per heavy atom. The largest absolute Gasteiger partial charge is 0.504 e. The maximum Gasteiger partial charge on any atom is 0.324 e. The molecule has 1 heterocycles. The van der Waals surface area contributed by atoms with E-state index in [4.69, 9.17) is 40.5 Å². The summed E-state index contributed by atoms with van der Waals surface area (Å²) in [6.45, 7) is 0.569. The van der Waals surface area contributed by atoms with Gasteiger partial charge in [0.1, 0.15) is 4.90 Å². The van der Waals surface area contributed by atoms with E-state index in [0.29, 0.717) is 11.5 Å². The van der Waals surface area contributed by atoms with Gasteiger partial charge in [-0.25, -0.2) is 13.2 Å². The molecule has 3 rings (SSSR count). The second-order valence-electron chi connectivity index (χ2n) is 6.01. The number of thioether (sulfide) groups is 1. The van der Waals surface area contributed by atoms with Crippen LogP contribution in [0.3, 0.4) is 0 Å². The van der Waals surface area contributed by atoms with Gasteiger partial charge in [0.05, 0.1) is 26.4 Å². The number of aromatic hydroxyl groups is 1. The molecule has 0 unspecified atom stereocenters. The molecule has 0 bridgehead atoms. The Kier molecular flexibility index (Phi) is 6.77. The van der Waals surface area contributed by atoms with Crippen molar-refractivity contribution < 1.29 is 18.3 Å². The highest BCUT2D eigenvalue weighted by Crippen LogP contribution is 2.45. The molecule has 12 heteroatoms. The van der Waals surface area contributed by atoms with E-state index in [0.717, 1.165) is 4.90 Å². The molecule has 2 aromatic rings. The first-order chi connectivity index (χ1) is 13.7. The molecule has 0 atom stereocenters. The van der Waals surface area contributed by atoms with Crippen LogP contribution in [0.25, 0.3) is 0 Å². The summed E-state index contributed by atoms with van der Waals surface area (Å²) in [5.74, 6) is 0.552. The average molecular weight is 497 g/mol. The number of hydrogen-bond donors (Lipinski definition) is 2. The minimum atomic E-state index is -4.11. The Labute approximate surface area is 187 Å². The summed E-state index contributed by atoms with van der Waals surface area (Å²) in [6, 6.07) is 6.07. The first-order valence-corrected chi connectivity index (χ1v) is 12.0. The second kappa shape index (κ2) is 8.79. The second-order valence-corrected chi connectivity index (χ2v) is 10.3. The highest BCUT2D eigenvalue weighted by Gasteiger charge is 2.34. The van der Waals surface area contributed by atoms with Crippen molar-refractivity contribution in [1.29, 1.82) is 0 Å². The Morgan fingerprint density at radius 3 is 2.34 bits per heavy atom. The zero-order valence-corrected chi connectivity index (χ0v) is 18.7. The number of rotatable bonds is 4. The van der Waals surface area contributed by atoms with Crippen LogP contribution in [0, 0.1) is 0 Å². The summed E-state index contributed by atoms with van der Waals surface area (Å²) >= 11 is 20.0. The van der Waals surface area contributed by atoms with E-state index >= 15 is 0 Å². The van der Waals surface area contributed by atoms with Crippen molar-refractivity contribution in [1.82, 2.24) is 4.31 Å². The lowest BCUT2D eigenvalue weighted by atomic mass is 10.2. The first-order valence-electron chi connectivity index (χ1n) is 8.29. The predicted molar refractivity (Wildman–Crippen MR) is 117 cm³/mol. The number of phenols is 1. The van der Waals surface area contributed by atoms with Gasteiger partial charge < -0.3 is 10.8 Å². The number of sulfonamides is 1. The van der Waals surface area contributed by atoms with Gasteiger partial charge in [-0.1, -0.05) is 40.9 Å². The van der Waals surface area contributed by atoms with Gasteiger partial charge in [-0.15, -0.1) is 0 Å². The summed E-state index contributed by atoms with van der Waals surface area (Å²) < 4.78 is 27.5. The van der Waals surface area contributed by atoms with Gasteiger partial charge in [-0.3, -0.25) is 4.90 Å². The summed E-state index contributed by atoms with van der Waals surface area (Å²) in [5, 5.41) is 10.8. The summed E-state index contributed by atoms with van der Waals surface area (Å²) in [7, 11) is -4.11. The minimum Gasteiger partial charge on any atom is -0.504 e. The molecule has 0 radical (unpaired) electrons. The first kappa shape index (κ1) is 22.3. The molecule has 0 aliphatic carbocycles. The summed E-state index contributed by atoms with van der Waals surface area (Å²) in [5.41, 5.74) is 5.41. The molecule has 1 aliphatic heterocycles. The average Bonchev–Trinajstić information content (AvgIpc) is 2.67. The fraction of sp³-hybridized carbons (Fsp3) is 0.235. The minimum absolute atomic E-state index is 0.0137. The number of urea groups is 1. The van der Waals surface area contributed by atoms with Crippen LogP contribution in [0.5, 0.6) is 5.75 Å². The van der Waals surface area contributed by atoms with E-state index in [1.165, 1.54) is 34.6 Å². The Bertz CT molecular complexity index is 1060. The quantitative estimate of drug-likeness (QED) is 0.656. The summed E-state index contributed by atoms with van der Waals surface area (Å²) in [6.07, 6.45) is 0. The third kappa shape index (κ3) is 4.26. The number of phenolic OH excluding ortho intramolecular Hbond substituents is 1. The van der Waals surface area contributed by atoms with Gasteiger partial charge in [0.2, 0.25) is 10.0 Å². The Balaban J connectivity index is 2.19. The molecule has 0 saturated carbocycles. The number of nitrogens with two attached hydrogens (primary N) is 1. The fourth-order valence-electron chi connectivity index (χ4n) is 2.91. The highest BCUT2D eigenvalue weighted by molar-refractivity contribution is 7.99. The van der Waals surface area contributed by atoms with Crippen LogP contribution in [-0.2, 0) is 10.0 Å². The van der Waals surface area contributed by atoms with E-state index in [9.17, 15) is 18.3 Å². The standard InChI is InChI=1S/C17H16Cl3N3O4S2/c18-10-2-1-3-12(14(10)20)23(17(21)25)13-5-4-11(19)16(15(13)24)29(26,27)22-6-8-28-9-7-22/h1-5,24H,6-9H2,(H2,21,25).